The quantitative estimate of drug-likeness (QED) is 0.248. The number of rotatable bonds is 6. The summed E-state index contributed by atoms with van der Waals surface area (Å²) in [6.45, 7) is 0. The van der Waals surface area contributed by atoms with Crippen LogP contribution >= 0.6 is 24.0 Å². The van der Waals surface area contributed by atoms with Gasteiger partial charge in [0, 0.05) is 23.5 Å². The molecule has 2 N–H and O–H groups in total. The van der Waals surface area contributed by atoms with Gasteiger partial charge in [-0.25, -0.2) is 9.97 Å². The van der Waals surface area contributed by atoms with Gasteiger partial charge in [-0.3, -0.25) is 4.98 Å². The molecule has 2 aromatic carbocycles. The molecule has 34 heavy (non-hydrogen) atoms. The van der Waals surface area contributed by atoms with Crippen LogP contribution in [-0.2, 0) is 0 Å². The smallest absolute Gasteiger partial charge is 0.283 e. The summed E-state index contributed by atoms with van der Waals surface area (Å²) in [5.41, 5.74) is 3.07. The first-order valence-electron chi connectivity index (χ1n) is 10.1. The van der Waals surface area contributed by atoms with Crippen LogP contribution in [0.4, 0.5) is 11.4 Å². The Morgan fingerprint density at radius 2 is 1.94 bits per heavy atom. The van der Waals surface area contributed by atoms with E-state index in [9.17, 15) is 0 Å². The summed E-state index contributed by atoms with van der Waals surface area (Å²) in [5, 5.41) is 16.9. The number of para-hydroxylation sites is 2. The Morgan fingerprint density at radius 1 is 1.03 bits per heavy atom. The number of pyridine rings is 1. The summed E-state index contributed by atoms with van der Waals surface area (Å²) in [6.07, 6.45) is 4.86. The molecule has 0 aliphatic heterocycles. The molecule has 11 heteroatoms. The van der Waals surface area contributed by atoms with Gasteiger partial charge in [0.25, 0.3) is 5.22 Å². The Morgan fingerprint density at radius 3 is 2.79 bits per heavy atom. The van der Waals surface area contributed by atoms with Crippen molar-refractivity contribution in [1.29, 1.82) is 0 Å². The second-order valence-corrected chi connectivity index (χ2v) is 8.26. The third kappa shape index (κ3) is 4.80. The zero-order chi connectivity index (χ0) is 23.3. The zero-order valence-corrected chi connectivity index (χ0v) is 19.4. The maximum atomic E-state index is 5.79. The lowest BCUT2D eigenvalue weighted by atomic mass is 10.2. The predicted octanol–water partition coefficient (Wildman–Crippen LogP) is 5.04. The number of nitrogens with one attached hydrogen (secondary N) is 2. The highest BCUT2D eigenvalue weighted by atomic mass is 32.2. The fourth-order valence-electron chi connectivity index (χ4n) is 3.16. The van der Waals surface area contributed by atoms with Gasteiger partial charge in [0.05, 0.1) is 23.9 Å². The van der Waals surface area contributed by atoms with Crippen LogP contribution in [0.3, 0.4) is 0 Å². The van der Waals surface area contributed by atoms with E-state index in [1.54, 1.807) is 19.5 Å². The van der Waals surface area contributed by atoms with Crippen molar-refractivity contribution in [2.45, 2.75) is 10.2 Å². The molecule has 0 aliphatic carbocycles. The van der Waals surface area contributed by atoms with Crippen molar-refractivity contribution in [3.05, 3.63) is 73.3 Å². The standard InChI is InChI=1S/C23H17N7O2S2/c1-31-19-7-3-2-6-18(19)28-22(33)27-15-8-9-17-16(11-15)21(26-13-25-17)34-23-30-29-20(32-23)14-5-4-10-24-12-14/h2-13H,1H3,(H2,27,28,33). The van der Waals surface area contributed by atoms with E-state index >= 15 is 0 Å². The molecule has 168 valence electrons. The fraction of sp³-hybridized carbons (Fsp3) is 0.0435. The first-order chi connectivity index (χ1) is 16.7. The molecule has 0 fully saturated rings. The molecule has 9 nitrogen and oxygen atoms in total. The maximum Gasteiger partial charge on any atom is 0.283 e. The van der Waals surface area contributed by atoms with Gasteiger partial charge in [-0.15, -0.1) is 10.2 Å². The van der Waals surface area contributed by atoms with Gasteiger partial charge < -0.3 is 19.8 Å². The van der Waals surface area contributed by atoms with Gasteiger partial charge in [0.15, 0.2) is 5.11 Å². The second-order valence-electron chi connectivity index (χ2n) is 6.91. The average molecular weight is 488 g/mol. The van der Waals surface area contributed by atoms with Crippen LogP contribution in [-0.4, -0.2) is 37.4 Å². The molecule has 0 spiro atoms. The highest BCUT2D eigenvalue weighted by Crippen LogP contribution is 2.33. The van der Waals surface area contributed by atoms with Crippen LogP contribution in [0.5, 0.6) is 5.75 Å². The SMILES string of the molecule is COc1ccccc1NC(=S)Nc1ccc2ncnc(Sc3nnc(-c4cccnc4)o3)c2c1. The Bertz CT molecular complexity index is 1460. The van der Waals surface area contributed by atoms with E-state index in [1.807, 2.05) is 54.6 Å². The lowest BCUT2D eigenvalue weighted by molar-refractivity contribution is 0.417. The van der Waals surface area contributed by atoms with Crippen LogP contribution < -0.4 is 15.4 Å². The van der Waals surface area contributed by atoms with Crippen LogP contribution in [0.25, 0.3) is 22.4 Å². The van der Waals surface area contributed by atoms with Crippen molar-refractivity contribution in [2.24, 2.45) is 0 Å². The maximum absolute atomic E-state index is 5.79. The van der Waals surface area contributed by atoms with E-state index < -0.39 is 0 Å². The van der Waals surface area contributed by atoms with Gasteiger partial charge >= 0.3 is 0 Å². The minimum Gasteiger partial charge on any atom is -0.495 e. The normalized spacial score (nSPS) is 10.7. The van der Waals surface area contributed by atoms with E-state index in [2.05, 4.69) is 35.8 Å². The Labute approximate surface area is 204 Å². The van der Waals surface area contributed by atoms with Gasteiger partial charge in [0.2, 0.25) is 5.89 Å². The number of thiocarbonyl (C=S) groups is 1. The third-order valence-electron chi connectivity index (χ3n) is 4.71. The fourth-order valence-corrected chi connectivity index (χ4v) is 4.13. The minimum absolute atomic E-state index is 0.366. The largest absolute Gasteiger partial charge is 0.495 e. The van der Waals surface area contributed by atoms with Crippen molar-refractivity contribution in [3.63, 3.8) is 0 Å². The molecule has 0 saturated carbocycles. The van der Waals surface area contributed by atoms with Crippen LogP contribution in [0.2, 0.25) is 0 Å². The lowest BCUT2D eigenvalue weighted by Gasteiger charge is -2.13. The predicted molar refractivity (Wildman–Crippen MR) is 134 cm³/mol. The lowest BCUT2D eigenvalue weighted by Crippen LogP contribution is -2.19. The number of aromatic nitrogens is 5. The zero-order valence-electron chi connectivity index (χ0n) is 17.8. The molecule has 5 rings (SSSR count). The summed E-state index contributed by atoms with van der Waals surface area (Å²) in [5.74, 6) is 1.09. The summed E-state index contributed by atoms with van der Waals surface area (Å²) in [6, 6.07) is 16.9. The molecular weight excluding hydrogens is 470 g/mol. The summed E-state index contributed by atoms with van der Waals surface area (Å²) in [4.78, 5) is 12.8. The molecule has 0 radical (unpaired) electrons. The second kappa shape index (κ2) is 9.81. The Kier molecular flexibility index (Phi) is 6.27. The summed E-state index contributed by atoms with van der Waals surface area (Å²) < 4.78 is 11.2. The number of anilines is 2. The number of hydrogen-bond donors (Lipinski definition) is 2. The number of ether oxygens (including phenoxy) is 1. The molecule has 5 aromatic rings. The van der Waals surface area contributed by atoms with E-state index in [-0.39, 0.29) is 0 Å². The number of hydrogen-bond acceptors (Lipinski definition) is 9. The third-order valence-corrected chi connectivity index (χ3v) is 5.77. The highest BCUT2D eigenvalue weighted by Gasteiger charge is 2.14. The van der Waals surface area contributed by atoms with E-state index in [0.717, 1.165) is 27.8 Å². The molecule has 0 aliphatic rings. The van der Waals surface area contributed by atoms with Crippen LogP contribution in [0.1, 0.15) is 0 Å². The Balaban J connectivity index is 1.36. The molecule has 3 heterocycles. The number of methoxy groups -OCH3 is 1. The van der Waals surface area contributed by atoms with Crippen molar-refractivity contribution in [2.75, 3.05) is 17.7 Å². The molecule has 0 saturated heterocycles. The van der Waals surface area contributed by atoms with E-state index in [1.165, 1.54) is 18.1 Å². The van der Waals surface area contributed by atoms with E-state index in [0.29, 0.717) is 27.0 Å². The molecule has 0 bridgehead atoms. The molecule has 3 aromatic heterocycles. The van der Waals surface area contributed by atoms with Crippen molar-refractivity contribution < 1.29 is 9.15 Å². The Hall–Kier alpha value is -4.09. The highest BCUT2D eigenvalue weighted by molar-refractivity contribution is 7.99. The van der Waals surface area contributed by atoms with Crippen LogP contribution in [0, 0.1) is 0 Å². The first-order valence-corrected chi connectivity index (χ1v) is 11.3. The number of fused-ring (bicyclic) bond motifs is 1. The van der Waals surface area contributed by atoms with Crippen molar-refractivity contribution >= 4 is 51.4 Å². The monoisotopic (exact) mass is 487 g/mol. The molecule has 0 atom stereocenters. The summed E-state index contributed by atoms with van der Waals surface area (Å²) >= 11 is 6.75. The van der Waals surface area contributed by atoms with Crippen molar-refractivity contribution in [1.82, 2.24) is 25.1 Å². The van der Waals surface area contributed by atoms with Gasteiger partial charge in [-0.05, 0) is 66.4 Å². The van der Waals surface area contributed by atoms with Gasteiger partial charge in [0.1, 0.15) is 17.1 Å². The molecular formula is C23H17N7O2S2. The van der Waals surface area contributed by atoms with Gasteiger partial charge in [-0.1, -0.05) is 12.1 Å². The summed E-state index contributed by atoms with van der Waals surface area (Å²) in [7, 11) is 1.61. The number of benzene rings is 2. The van der Waals surface area contributed by atoms with Crippen molar-refractivity contribution in [3.8, 4) is 17.2 Å². The molecule has 0 unspecified atom stereocenters. The van der Waals surface area contributed by atoms with E-state index in [4.69, 9.17) is 21.4 Å². The minimum atomic E-state index is 0.366. The topological polar surface area (TPSA) is 111 Å². The first kappa shape index (κ1) is 21.7. The molecule has 0 amide bonds. The van der Waals surface area contributed by atoms with Crippen LogP contribution in [0.15, 0.2) is 88.0 Å². The number of nitrogens with zero attached hydrogens (tertiary/aromatic N) is 5. The average Bonchev–Trinajstić information content (AvgIpc) is 3.34. The van der Waals surface area contributed by atoms with Gasteiger partial charge in [-0.2, -0.15) is 0 Å².